The Hall–Kier alpha value is -0.200. The van der Waals surface area contributed by atoms with Gasteiger partial charge < -0.3 is 20.1 Å². The second kappa shape index (κ2) is 9.14. The molecule has 3 aliphatic rings. The third kappa shape index (κ3) is 5.90. The first-order chi connectivity index (χ1) is 12.0. The van der Waals surface area contributed by atoms with E-state index < -0.39 is 0 Å². The topological polar surface area (TPSA) is 45.8 Å². The van der Waals surface area contributed by atoms with Gasteiger partial charge in [0, 0.05) is 37.3 Å². The number of likely N-dealkylation sites (tertiary alicyclic amines) is 1. The number of hydrogen-bond donors (Lipinski definition) is 2. The molecule has 4 atom stereocenters. The summed E-state index contributed by atoms with van der Waals surface area (Å²) in [5.74, 6) is 0.903. The summed E-state index contributed by atoms with van der Waals surface area (Å²) < 4.78 is 11.3. The molecule has 0 radical (unpaired) electrons. The first-order valence-electron chi connectivity index (χ1n) is 10.4. The van der Waals surface area contributed by atoms with Crippen LogP contribution in [0.25, 0.3) is 0 Å². The molecule has 0 aromatic carbocycles. The maximum absolute atomic E-state index is 6.07. The van der Waals surface area contributed by atoms with Crippen LogP contribution < -0.4 is 10.6 Å². The maximum atomic E-state index is 6.07. The van der Waals surface area contributed by atoms with E-state index in [2.05, 4.69) is 43.2 Å². The Kier molecular flexibility index (Phi) is 7.15. The van der Waals surface area contributed by atoms with Gasteiger partial charge in [-0.1, -0.05) is 13.8 Å². The molecule has 0 amide bonds. The summed E-state index contributed by atoms with van der Waals surface area (Å²) in [5.41, 5.74) is 0. The molecule has 3 rings (SSSR count). The van der Waals surface area contributed by atoms with Gasteiger partial charge in [0.25, 0.3) is 0 Å². The second-order valence-corrected chi connectivity index (χ2v) is 8.99. The van der Waals surface area contributed by atoms with Crippen LogP contribution in [0.15, 0.2) is 0 Å². The molecule has 5 nitrogen and oxygen atoms in total. The smallest absolute Gasteiger partial charge is 0.0829 e. The van der Waals surface area contributed by atoms with Crippen LogP contribution >= 0.6 is 0 Å². The lowest BCUT2D eigenvalue weighted by molar-refractivity contribution is -0.0811. The van der Waals surface area contributed by atoms with Gasteiger partial charge in [0.05, 0.1) is 32.0 Å². The van der Waals surface area contributed by atoms with E-state index in [-0.39, 0.29) is 0 Å². The van der Waals surface area contributed by atoms with Gasteiger partial charge in [-0.3, -0.25) is 4.90 Å². The van der Waals surface area contributed by atoms with E-state index in [1.165, 1.54) is 25.7 Å². The van der Waals surface area contributed by atoms with Crippen molar-refractivity contribution < 1.29 is 9.47 Å². The average Bonchev–Trinajstić information content (AvgIpc) is 2.87. The van der Waals surface area contributed by atoms with E-state index in [1.807, 2.05) is 0 Å². The molecule has 1 aliphatic carbocycles. The molecule has 3 fully saturated rings. The molecule has 0 spiro atoms. The Bertz CT molecular complexity index is 396. The fourth-order valence-electron chi connectivity index (χ4n) is 4.54. The molecule has 2 saturated heterocycles. The minimum absolute atomic E-state index is 0.421. The number of rotatable bonds is 10. The standard InChI is InChI=1S/C20H39N3O2/c1-14(2)21-18-6-5-17(8-18)7-16(4)23-9-20(10-23)25-11-15(3)22-19-12-24-13-19/h14-22H,5-13H2,1-4H3. The summed E-state index contributed by atoms with van der Waals surface area (Å²) in [5, 5.41) is 7.26. The average molecular weight is 354 g/mol. The molecule has 4 unspecified atom stereocenters. The van der Waals surface area contributed by atoms with Crippen molar-refractivity contribution in [2.24, 2.45) is 5.92 Å². The Morgan fingerprint density at radius 3 is 2.44 bits per heavy atom. The summed E-state index contributed by atoms with van der Waals surface area (Å²) in [6.07, 6.45) is 5.91. The Morgan fingerprint density at radius 2 is 1.80 bits per heavy atom. The van der Waals surface area contributed by atoms with Crippen LogP contribution in [0.5, 0.6) is 0 Å². The fourth-order valence-corrected chi connectivity index (χ4v) is 4.54. The Morgan fingerprint density at radius 1 is 1.04 bits per heavy atom. The third-order valence-corrected chi connectivity index (χ3v) is 6.02. The molecule has 0 aromatic heterocycles. The predicted octanol–water partition coefficient (Wildman–Crippen LogP) is 2.01. The summed E-state index contributed by atoms with van der Waals surface area (Å²) in [6, 6.07) is 3.02. The Labute approximate surface area is 154 Å². The molecule has 2 heterocycles. The van der Waals surface area contributed by atoms with E-state index in [1.54, 1.807) is 0 Å². The van der Waals surface area contributed by atoms with Crippen LogP contribution in [0.1, 0.15) is 53.4 Å². The molecule has 1 saturated carbocycles. The number of ether oxygens (including phenoxy) is 2. The molecular formula is C20H39N3O2. The van der Waals surface area contributed by atoms with Crippen molar-refractivity contribution in [3.05, 3.63) is 0 Å². The molecule has 2 aliphatic heterocycles. The lowest BCUT2D eigenvalue weighted by Gasteiger charge is -2.44. The number of hydrogen-bond acceptors (Lipinski definition) is 5. The molecule has 0 bridgehead atoms. The van der Waals surface area contributed by atoms with Crippen molar-refractivity contribution in [1.82, 2.24) is 15.5 Å². The van der Waals surface area contributed by atoms with Gasteiger partial charge >= 0.3 is 0 Å². The molecule has 2 N–H and O–H groups in total. The highest BCUT2D eigenvalue weighted by atomic mass is 16.5. The van der Waals surface area contributed by atoms with Gasteiger partial charge in [-0.25, -0.2) is 0 Å². The number of nitrogens with one attached hydrogen (secondary N) is 2. The van der Waals surface area contributed by atoms with Crippen LogP contribution in [0.3, 0.4) is 0 Å². The molecule has 146 valence electrons. The van der Waals surface area contributed by atoms with Crippen LogP contribution in [0.2, 0.25) is 0 Å². The van der Waals surface area contributed by atoms with Gasteiger partial charge in [0.1, 0.15) is 0 Å². The van der Waals surface area contributed by atoms with E-state index >= 15 is 0 Å². The van der Waals surface area contributed by atoms with E-state index in [0.717, 1.165) is 44.9 Å². The fraction of sp³-hybridized carbons (Fsp3) is 1.00. The molecule has 25 heavy (non-hydrogen) atoms. The molecular weight excluding hydrogens is 314 g/mol. The largest absolute Gasteiger partial charge is 0.378 e. The van der Waals surface area contributed by atoms with Crippen LogP contribution in [0, 0.1) is 5.92 Å². The van der Waals surface area contributed by atoms with E-state index in [4.69, 9.17) is 9.47 Å². The molecule has 5 heteroatoms. The van der Waals surface area contributed by atoms with Crippen molar-refractivity contribution in [1.29, 1.82) is 0 Å². The highest BCUT2D eigenvalue weighted by Crippen LogP contribution is 2.31. The summed E-state index contributed by atoms with van der Waals surface area (Å²) in [4.78, 5) is 2.60. The van der Waals surface area contributed by atoms with E-state index in [9.17, 15) is 0 Å². The predicted molar refractivity (Wildman–Crippen MR) is 102 cm³/mol. The highest BCUT2D eigenvalue weighted by Gasteiger charge is 2.34. The van der Waals surface area contributed by atoms with Crippen LogP contribution in [0.4, 0.5) is 0 Å². The zero-order valence-corrected chi connectivity index (χ0v) is 16.7. The zero-order chi connectivity index (χ0) is 17.8. The van der Waals surface area contributed by atoms with Gasteiger partial charge in [0.2, 0.25) is 0 Å². The number of nitrogens with zero attached hydrogens (tertiary/aromatic N) is 1. The van der Waals surface area contributed by atoms with Gasteiger partial charge in [-0.05, 0) is 45.4 Å². The van der Waals surface area contributed by atoms with Crippen molar-refractivity contribution in [3.8, 4) is 0 Å². The van der Waals surface area contributed by atoms with Gasteiger partial charge in [-0.2, -0.15) is 0 Å². The highest BCUT2D eigenvalue weighted by molar-refractivity contribution is 4.89. The van der Waals surface area contributed by atoms with Crippen LogP contribution in [-0.2, 0) is 9.47 Å². The van der Waals surface area contributed by atoms with Gasteiger partial charge in [-0.15, -0.1) is 0 Å². The minimum atomic E-state index is 0.421. The normalized spacial score (nSPS) is 31.1. The van der Waals surface area contributed by atoms with Crippen molar-refractivity contribution in [2.45, 2.75) is 89.7 Å². The van der Waals surface area contributed by atoms with E-state index in [0.29, 0.717) is 30.3 Å². The third-order valence-electron chi connectivity index (χ3n) is 6.02. The lowest BCUT2D eigenvalue weighted by Crippen LogP contribution is -2.57. The quantitative estimate of drug-likeness (QED) is 0.629. The summed E-state index contributed by atoms with van der Waals surface area (Å²) in [6.45, 7) is 13.9. The summed E-state index contributed by atoms with van der Waals surface area (Å²) >= 11 is 0. The SMILES string of the molecule is CC(C)NC1CCC(CC(C)N2CC(OCC(C)NC3COC3)C2)C1. The van der Waals surface area contributed by atoms with Crippen molar-refractivity contribution in [2.75, 3.05) is 32.9 Å². The Balaban J connectivity index is 1.25. The van der Waals surface area contributed by atoms with Crippen molar-refractivity contribution in [3.63, 3.8) is 0 Å². The summed E-state index contributed by atoms with van der Waals surface area (Å²) in [7, 11) is 0. The monoisotopic (exact) mass is 353 g/mol. The van der Waals surface area contributed by atoms with Crippen LogP contribution in [-0.4, -0.2) is 74.1 Å². The van der Waals surface area contributed by atoms with Gasteiger partial charge in [0.15, 0.2) is 0 Å². The first kappa shape index (κ1) is 19.6. The first-order valence-corrected chi connectivity index (χ1v) is 10.4. The molecule has 0 aromatic rings. The van der Waals surface area contributed by atoms with Crippen molar-refractivity contribution >= 4 is 0 Å². The maximum Gasteiger partial charge on any atom is 0.0829 e. The second-order valence-electron chi connectivity index (χ2n) is 8.99. The minimum Gasteiger partial charge on any atom is -0.378 e. The lowest BCUT2D eigenvalue weighted by atomic mass is 9.95. The zero-order valence-electron chi connectivity index (χ0n) is 16.7.